The zero-order chi connectivity index (χ0) is 38.9. The third kappa shape index (κ3) is 33.9. The fourth-order valence-electron chi connectivity index (χ4n) is 6.31. The van der Waals surface area contributed by atoms with Crippen molar-refractivity contribution in [1.29, 1.82) is 0 Å². The van der Waals surface area contributed by atoms with Crippen LogP contribution in [0.25, 0.3) is 0 Å². The van der Waals surface area contributed by atoms with E-state index >= 15 is 0 Å². The van der Waals surface area contributed by atoms with Crippen LogP contribution in [0.5, 0.6) is 0 Å². The molecule has 316 valence electrons. The van der Waals surface area contributed by atoms with Crippen molar-refractivity contribution in [2.24, 2.45) is 0 Å². The lowest BCUT2D eigenvalue weighted by atomic mass is 10.1. The maximum Gasteiger partial charge on any atom is 0.405 e. The first-order chi connectivity index (χ1) is 26.6. The predicted octanol–water partition coefficient (Wildman–Crippen LogP) is 13.2. The molecule has 0 aromatic carbocycles. The Balaban J connectivity index is 2.27. The second-order valence-electron chi connectivity index (χ2n) is 15.0. The van der Waals surface area contributed by atoms with Gasteiger partial charge in [-0.05, 0) is 64.2 Å². The van der Waals surface area contributed by atoms with Crippen molar-refractivity contribution in [3.05, 3.63) is 36.2 Å². The molecule has 0 aliphatic rings. The van der Waals surface area contributed by atoms with Crippen molar-refractivity contribution in [2.75, 3.05) is 40.1 Å². The van der Waals surface area contributed by atoms with Crippen LogP contribution in [0, 0.1) is 0 Å². The molecule has 0 radical (unpaired) electrons. The molecular weight excluding hydrogens is 695 g/mol. The Labute approximate surface area is 333 Å². The molecule has 1 aromatic heterocycles. The van der Waals surface area contributed by atoms with E-state index in [1.807, 2.05) is 6.20 Å². The highest BCUT2D eigenvalue weighted by molar-refractivity contribution is 7.51. The quantitative estimate of drug-likeness (QED) is 0.0397. The van der Waals surface area contributed by atoms with Crippen LogP contribution in [-0.4, -0.2) is 55.1 Å². The molecule has 0 fully saturated rings. The summed E-state index contributed by atoms with van der Waals surface area (Å²) >= 11 is 0. The molecule has 0 saturated heterocycles. The van der Waals surface area contributed by atoms with E-state index in [-0.39, 0.29) is 6.54 Å². The van der Waals surface area contributed by atoms with Crippen LogP contribution in [0.3, 0.4) is 0 Å². The average Bonchev–Trinajstić information content (AvgIpc) is 3.64. The number of aromatic nitrogens is 3. The minimum atomic E-state index is -3.47. The molecule has 9 nitrogen and oxygen atoms in total. The molecule has 0 unspecified atom stereocenters. The summed E-state index contributed by atoms with van der Waals surface area (Å²) in [7, 11) is -1.81. The second kappa shape index (κ2) is 39.9. The van der Waals surface area contributed by atoms with Gasteiger partial charge in [-0.1, -0.05) is 159 Å². The zero-order valence-electron chi connectivity index (χ0n) is 35.5. The summed E-state index contributed by atoms with van der Waals surface area (Å²) in [6.07, 6.45) is 46.4. The first-order valence-electron chi connectivity index (χ1n) is 22.5. The molecule has 0 bridgehead atoms. The smallest absolute Gasteiger partial charge is 0.382 e. The number of unbranched alkanes of at least 4 members (excludes halogenated alkanes) is 24. The fraction of sp³-hybridized carbons (Fsp3) is 0.864. The van der Waals surface area contributed by atoms with E-state index in [0.29, 0.717) is 45.3 Å². The number of hydrogen-bond acceptors (Lipinski definition) is 7. The lowest BCUT2D eigenvalue weighted by molar-refractivity contribution is 0.0652. The summed E-state index contributed by atoms with van der Waals surface area (Å²) in [5.74, 6) is 0. The monoisotopic (exact) mass is 781 g/mol. The van der Waals surface area contributed by atoms with Gasteiger partial charge in [-0.3, -0.25) is 9.05 Å². The van der Waals surface area contributed by atoms with Crippen molar-refractivity contribution < 1.29 is 23.1 Å². The molecular formula is C44H85N4O5P. The number of allylic oxidation sites excluding steroid dienone is 4. The van der Waals surface area contributed by atoms with Gasteiger partial charge >= 0.3 is 7.75 Å². The molecule has 0 atom stereocenters. The van der Waals surface area contributed by atoms with Crippen LogP contribution >= 0.6 is 7.75 Å². The largest absolute Gasteiger partial charge is 0.405 e. The fourth-order valence-corrected chi connectivity index (χ4v) is 7.66. The van der Waals surface area contributed by atoms with Crippen molar-refractivity contribution in [2.45, 2.75) is 207 Å². The van der Waals surface area contributed by atoms with E-state index in [1.165, 1.54) is 154 Å². The van der Waals surface area contributed by atoms with Crippen molar-refractivity contribution in [3.63, 3.8) is 0 Å². The maximum absolute atomic E-state index is 13.7. The minimum Gasteiger partial charge on any atom is -0.382 e. The van der Waals surface area contributed by atoms with Gasteiger partial charge in [-0.2, -0.15) is 0 Å². The van der Waals surface area contributed by atoms with Gasteiger partial charge in [0, 0.05) is 13.3 Å². The molecule has 54 heavy (non-hydrogen) atoms. The first-order valence-corrected chi connectivity index (χ1v) is 24.1. The molecule has 0 amide bonds. The Morgan fingerprint density at radius 2 is 1.00 bits per heavy atom. The van der Waals surface area contributed by atoms with Gasteiger partial charge in [0.1, 0.15) is 0 Å². The Kier molecular flexibility index (Phi) is 37.4. The summed E-state index contributed by atoms with van der Waals surface area (Å²) < 4.78 is 37.9. The summed E-state index contributed by atoms with van der Waals surface area (Å²) in [5, 5.41) is 11.5. The highest BCUT2D eigenvalue weighted by Crippen LogP contribution is 2.44. The Hall–Kier alpha value is -1.35. The second-order valence-corrected chi connectivity index (χ2v) is 16.8. The van der Waals surface area contributed by atoms with Crippen molar-refractivity contribution in [1.82, 2.24) is 20.1 Å². The molecule has 1 rings (SSSR count). The number of nitrogens with one attached hydrogen (secondary N) is 1. The number of hydrogen-bond donors (Lipinski definition) is 1. The van der Waals surface area contributed by atoms with Crippen LogP contribution in [0.4, 0.5) is 0 Å². The molecule has 10 heteroatoms. The number of rotatable bonds is 43. The van der Waals surface area contributed by atoms with Crippen LogP contribution in [0.15, 0.2) is 30.5 Å². The van der Waals surface area contributed by atoms with E-state index in [9.17, 15) is 4.57 Å². The molecule has 1 aromatic rings. The normalized spacial score (nSPS) is 13.2. The Bertz CT molecular complexity index is 973. The van der Waals surface area contributed by atoms with E-state index in [2.05, 4.69) is 53.6 Å². The highest BCUT2D eigenvalue weighted by atomic mass is 31.2. The number of ether oxygens (including phenoxy) is 2. The van der Waals surface area contributed by atoms with E-state index in [4.69, 9.17) is 18.5 Å². The topological polar surface area (TPSA) is 96.7 Å². The van der Waals surface area contributed by atoms with Gasteiger partial charge in [0.25, 0.3) is 0 Å². The summed E-state index contributed by atoms with van der Waals surface area (Å²) in [5.41, 5.74) is 0.689. The number of nitrogens with zero attached hydrogens (tertiary/aromatic N) is 3. The zero-order valence-corrected chi connectivity index (χ0v) is 36.4. The standard InChI is InChI=1S/C44H85N4O5P/c1-4-6-8-10-12-14-16-18-20-22-24-26-28-30-32-34-37-52-54(49,45-42-44-43-48(47-46-44)36-39-51-41-40-50-3)53-38-35-33-31-29-27-25-23-21-19-17-15-13-11-9-7-5-2/h18-21,43H,4-17,22-42H2,1-3H3,(H,45,49). The molecule has 1 heterocycles. The highest BCUT2D eigenvalue weighted by Gasteiger charge is 2.24. The van der Waals surface area contributed by atoms with Gasteiger partial charge in [0.05, 0.1) is 51.8 Å². The molecule has 0 saturated carbocycles. The molecule has 0 aliphatic carbocycles. The summed E-state index contributed by atoms with van der Waals surface area (Å²) in [6.45, 7) is 7.88. The van der Waals surface area contributed by atoms with Gasteiger partial charge in [0.15, 0.2) is 0 Å². The van der Waals surface area contributed by atoms with Crippen molar-refractivity contribution >= 4 is 7.75 Å². The number of methoxy groups -OCH3 is 1. The van der Waals surface area contributed by atoms with Crippen LogP contribution in [0.1, 0.15) is 199 Å². The van der Waals surface area contributed by atoms with E-state index in [0.717, 1.165) is 25.7 Å². The average molecular weight is 781 g/mol. The van der Waals surface area contributed by atoms with Gasteiger partial charge in [0.2, 0.25) is 0 Å². The van der Waals surface area contributed by atoms with Crippen LogP contribution in [-0.2, 0) is 36.2 Å². The Morgan fingerprint density at radius 1 is 0.574 bits per heavy atom. The minimum absolute atomic E-state index is 0.266. The van der Waals surface area contributed by atoms with E-state index in [1.54, 1.807) is 11.8 Å². The third-order valence-corrected chi connectivity index (χ3v) is 11.4. The van der Waals surface area contributed by atoms with Gasteiger partial charge in [-0.25, -0.2) is 14.3 Å². The molecule has 0 aliphatic heterocycles. The van der Waals surface area contributed by atoms with E-state index < -0.39 is 7.75 Å². The van der Waals surface area contributed by atoms with Crippen molar-refractivity contribution in [3.8, 4) is 0 Å². The van der Waals surface area contributed by atoms with Gasteiger partial charge < -0.3 is 9.47 Å². The lowest BCUT2D eigenvalue weighted by Crippen LogP contribution is -2.16. The summed E-state index contributed by atoms with van der Waals surface area (Å²) in [6, 6.07) is 0. The van der Waals surface area contributed by atoms with Crippen LogP contribution in [0.2, 0.25) is 0 Å². The first kappa shape index (κ1) is 50.7. The SMILES string of the molecule is CCCCCCCCC=CCCCCCCCCOP(=O)(NCc1cn(CCOCCOC)nn1)OCCCCCCCCC=CCCCCCCCC. The Morgan fingerprint density at radius 3 is 1.44 bits per heavy atom. The van der Waals surface area contributed by atoms with Gasteiger partial charge in [-0.15, -0.1) is 5.10 Å². The third-order valence-electron chi connectivity index (χ3n) is 9.77. The molecule has 1 N–H and O–H groups in total. The predicted molar refractivity (Wildman–Crippen MR) is 228 cm³/mol. The summed E-state index contributed by atoms with van der Waals surface area (Å²) in [4.78, 5) is 0. The maximum atomic E-state index is 13.7. The lowest BCUT2D eigenvalue weighted by Gasteiger charge is -2.19. The van der Waals surface area contributed by atoms with Crippen LogP contribution < -0.4 is 5.09 Å². The molecule has 0 spiro atoms.